The van der Waals surface area contributed by atoms with Gasteiger partial charge in [-0.15, -0.1) is 0 Å². The Morgan fingerprint density at radius 2 is 1.25 bits per heavy atom. The van der Waals surface area contributed by atoms with Crippen molar-refractivity contribution in [3.8, 4) is 0 Å². The Morgan fingerprint density at radius 3 is 1.70 bits per heavy atom. The molecule has 1 amide bonds. The van der Waals surface area contributed by atoms with Crippen molar-refractivity contribution in [1.29, 1.82) is 0 Å². The average Bonchev–Trinajstić information content (AvgIpc) is 2.43. The van der Waals surface area contributed by atoms with Crippen molar-refractivity contribution in [3.05, 3.63) is 72.9 Å². The van der Waals surface area contributed by atoms with Gasteiger partial charge in [-0.05, 0) is 40.7 Å². The molecular formula is C18H25NO. The van der Waals surface area contributed by atoms with Gasteiger partial charge in [0.2, 0.25) is 5.91 Å². The molecule has 0 aromatic rings. The number of carbonyl (C=O) groups is 1. The molecule has 0 unspecified atom stereocenters. The van der Waals surface area contributed by atoms with Crippen LogP contribution in [-0.2, 0) is 4.79 Å². The maximum absolute atomic E-state index is 11.1. The molecule has 2 nitrogen and oxygen atoms in total. The number of hydrogen-bond donors (Lipinski definition) is 1. The molecule has 20 heavy (non-hydrogen) atoms. The third kappa shape index (κ3) is 4.88. The Labute approximate surface area is 122 Å². The van der Waals surface area contributed by atoms with E-state index in [2.05, 4.69) is 46.4 Å². The first-order valence-corrected chi connectivity index (χ1v) is 6.67. The molecular weight excluding hydrogens is 246 g/mol. The number of hydrogen-bond acceptors (Lipinski definition) is 1. The van der Waals surface area contributed by atoms with E-state index >= 15 is 0 Å². The van der Waals surface area contributed by atoms with E-state index in [-0.39, 0.29) is 5.57 Å². The molecule has 0 saturated carbocycles. The van der Waals surface area contributed by atoms with Crippen LogP contribution < -0.4 is 5.73 Å². The molecule has 0 bridgehead atoms. The average molecular weight is 271 g/mol. The highest BCUT2D eigenvalue weighted by Gasteiger charge is 2.15. The topological polar surface area (TPSA) is 43.1 Å². The van der Waals surface area contributed by atoms with Crippen LogP contribution in [0.5, 0.6) is 0 Å². The summed E-state index contributed by atoms with van der Waals surface area (Å²) in [5.41, 5.74) is 8.53. The van der Waals surface area contributed by atoms with Gasteiger partial charge in [0.1, 0.15) is 0 Å². The van der Waals surface area contributed by atoms with E-state index in [1.165, 1.54) is 0 Å². The van der Waals surface area contributed by atoms with E-state index in [4.69, 9.17) is 5.73 Å². The van der Waals surface area contributed by atoms with Gasteiger partial charge in [-0.3, -0.25) is 4.79 Å². The SMILES string of the molecule is C=C(CCCCC)C(=C)C(=C)C(=C)C(=C)C(=C)C(N)=O. The molecule has 0 saturated heterocycles. The Morgan fingerprint density at radius 1 is 0.800 bits per heavy atom. The molecule has 2 N–H and O–H groups in total. The van der Waals surface area contributed by atoms with Crippen LogP contribution in [0.2, 0.25) is 0 Å². The second kappa shape index (κ2) is 8.16. The van der Waals surface area contributed by atoms with Crippen molar-refractivity contribution >= 4 is 5.91 Å². The van der Waals surface area contributed by atoms with Crippen molar-refractivity contribution in [3.63, 3.8) is 0 Å². The molecule has 0 fully saturated rings. The summed E-state index contributed by atoms with van der Waals surface area (Å²) in [6, 6.07) is 0. The van der Waals surface area contributed by atoms with E-state index in [1.54, 1.807) is 0 Å². The van der Waals surface area contributed by atoms with Crippen LogP contribution in [0, 0.1) is 0 Å². The van der Waals surface area contributed by atoms with Crippen molar-refractivity contribution in [1.82, 2.24) is 0 Å². The number of nitrogens with two attached hydrogens (primary N) is 1. The summed E-state index contributed by atoms with van der Waals surface area (Å²) in [4.78, 5) is 11.1. The first-order valence-electron chi connectivity index (χ1n) is 6.67. The summed E-state index contributed by atoms with van der Waals surface area (Å²) in [6.45, 7) is 25.4. The molecule has 0 atom stereocenters. The minimum absolute atomic E-state index is 0.139. The fourth-order valence-corrected chi connectivity index (χ4v) is 1.65. The summed E-state index contributed by atoms with van der Waals surface area (Å²) in [5, 5.41) is 0. The number of allylic oxidation sites excluding steroid dienone is 4. The van der Waals surface area contributed by atoms with Gasteiger partial charge in [-0.25, -0.2) is 0 Å². The Balaban J connectivity index is 4.74. The summed E-state index contributed by atoms with van der Waals surface area (Å²) in [5.74, 6) is -0.615. The minimum atomic E-state index is -0.615. The van der Waals surface area contributed by atoms with E-state index < -0.39 is 5.91 Å². The second-order valence-corrected chi connectivity index (χ2v) is 4.82. The van der Waals surface area contributed by atoms with Gasteiger partial charge < -0.3 is 5.73 Å². The first-order chi connectivity index (χ1) is 9.23. The standard InChI is InChI=1S/C18H25NO/c1-8-9-10-11-12(2)13(3)14(4)15(5)16(6)17(7)18(19)20/h2-11H2,1H3,(H2,19,20). The Hall–Kier alpha value is -2.09. The van der Waals surface area contributed by atoms with Gasteiger partial charge in [0.15, 0.2) is 0 Å². The van der Waals surface area contributed by atoms with Gasteiger partial charge in [-0.1, -0.05) is 59.2 Å². The maximum Gasteiger partial charge on any atom is 0.248 e. The number of rotatable bonds is 10. The highest BCUT2D eigenvalue weighted by Crippen LogP contribution is 2.29. The Kier molecular flexibility index (Phi) is 7.30. The molecule has 0 aliphatic heterocycles. The smallest absolute Gasteiger partial charge is 0.248 e. The summed E-state index contributed by atoms with van der Waals surface area (Å²) < 4.78 is 0. The molecule has 2 heteroatoms. The van der Waals surface area contributed by atoms with E-state index in [0.29, 0.717) is 16.7 Å². The lowest BCUT2D eigenvalue weighted by Crippen LogP contribution is -2.15. The molecule has 0 aromatic carbocycles. The highest BCUT2D eigenvalue weighted by atomic mass is 16.1. The molecule has 0 aromatic heterocycles. The normalized spacial score (nSPS) is 9.65. The quantitative estimate of drug-likeness (QED) is 0.357. The number of unbranched alkanes of at least 4 members (excludes halogenated alkanes) is 2. The predicted octanol–water partition coefficient (Wildman–Crippen LogP) is 4.39. The zero-order chi connectivity index (χ0) is 15.9. The molecule has 0 aliphatic rings. The van der Waals surface area contributed by atoms with Gasteiger partial charge in [-0.2, -0.15) is 0 Å². The lowest BCUT2D eigenvalue weighted by molar-refractivity contribution is -0.114. The van der Waals surface area contributed by atoms with Crippen LogP contribution >= 0.6 is 0 Å². The monoisotopic (exact) mass is 271 g/mol. The molecule has 0 rings (SSSR count). The van der Waals surface area contributed by atoms with Gasteiger partial charge in [0.25, 0.3) is 0 Å². The summed E-state index contributed by atoms with van der Waals surface area (Å²) in [6.07, 6.45) is 4.26. The number of primary amides is 1. The number of amides is 1. The molecule has 108 valence electrons. The van der Waals surface area contributed by atoms with Crippen LogP contribution in [0.15, 0.2) is 72.9 Å². The summed E-state index contributed by atoms with van der Waals surface area (Å²) in [7, 11) is 0. The van der Waals surface area contributed by atoms with E-state index in [1.807, 2.05) is 0 Å². The Bertz CT molecular complexity index is 492. The highest BCUT2D eigenvalue weighted by molar-refractivity contribution is 5.97. The zero-order valence-corrected chi connectivity index (χ0v) is 12.6. The van der Waals surface area contributed by atoms with Crippen molar-refractivity contribution in [2.75, 3.05) is 0 Å². The third-order valence-corrected chi connectivity index (χ3v) is 3.26. The lowest BCUT2D eigenvalue weighted by Gasteiger charge is -2.16. The van der Waals surface area contributed by atoms with Crippen LogP contribution in [0.3, 0.4) is 0 Å². The van der Waals surface area contributed by atoms with Crippen molar-refractivity contribution < 1.29 is 4.79 Å². The van der Waals surface area contributed by atoms with Crippen LogP contribution in [0.1, 0.15) is 32.6 Å². The van der Waals surface area contributed by atoms with Crippen LogP contribution in [0.4, 0.5) is 0 Å². The minimum Gasteiger partial charge on any atom is -0.366 e. The number of carbonyl (C=O) groups excluding carboxylic acids is 1. The fourth-order valence-electron chi connectivity index (χ4n) is 1.65. The molecule has 0 aliphatic carbocycles. The second-order valence-electron chi connectivity index (χ2n) is 4.82. The molecule has 0 spiro atoms. The molecule has 0 heterocycles. The van der Waals surface area contributed by atoms with Gasteiger partial charge in [0, 0.05) is 5.57 Å². The third-order valence-electron chi connectivity index (χ3n) is 3.26. The van der Waals surface area contributed by atoms with Crippen LogP contribution in [0.25, 0.3) is 0 Å². The van der Waals surface area contributed by atoms with Gasteiger partial charge >= 0.3 is 0 Å². The van der Waals surface area contributed by atoms with Crippen LogP contribution in [-0.4, -0.2) is 5.91 Å². The summed E-state index contributed by atoms with van der Waals surface area (Å²) >= 11 is 0. The maximum atomic E-state index is 11.1. The zero-order valence-electron chi connectivity index (χ0n) is 12.6. The van der Waals surface area contributed by atoms with E-state index in [0.717, 1.165) is 36.8 Å². The van der Waals surface area contributed by atoms with Crippen molar-refractivity contribution in [2.45, 2.75) is 32.6 Å². The van der Waals surface area contributed by atoms with Gasteiger partial charge in [0.05, 0.1) is 0 Å². The largest absolute Gasteiger partial charge is 0.366 e. The first kappa shape index (κ1) is 17.9. The molecule has 0 radical (unpaired) electrons. The van der Waals surface area contributed by atoms with E-state index in [9.17, 15) is 4.79 Å². The lowest BCUT2D eigenvalue weighted by atomic mass is 9.88. The fraction of sp³-hybridized carbons (Fsp3) is 0.278. The van der Waals surface area contributed by atoms with Crippen molar-refractivity contribution in [2.24, 2.45) is 5.73 Å². The predicted molar refractivity (Wildman–Crippen MR) is 88.2 cm³/mol.